The van der Waals surface area contributed by atoms with Crippen LogP contribution in [0.1, 0.15) is 33.6 Å². The molecule has 8 heteroatoms. The van der Waals surface area contributed by atoms with Gasteiger partial charge in [0, 0.05) is 24.3 Å². The highest BCUT2D eigenvalue weighted by Gasteiger charge is 2.25. The maximum Gasteiger partial charge on any atom is 0.408 e. The van der Waals surface area contributed by atoms with E-state index in [4.69, 9.17) is 4.74 Å². The second kappa shape index (κ2) is 8.17. The lowest BCUT2D eigenvalue weighted by Crippen LogP contribution is -2.44. The van der Waals surface area contributed by atoms with Crippen LogP contribution in [0.25, 0.3) is 0 Å². The summed E-state index contributed by atoms with van der Waals surface area (Å²) in [4.78, 5) is 35.0. The fourth-order valence-corrected chi connectivity index (χ4v) is 2.25. The van der Waals surface area contributed by atoms with E-state index in [1.165, 1.54) is 19.6 Å². The molecule has 0 aromatic heterocycles. The Morgan fingerprint density at radius 1 is 1.23 bits per heavy atom. The zero-order valence-electron chi connectivity index (χ0n) is 13.9. The summed E-state index contributed by atoms with van der Waals surface area (Å²) in [6, 6.07) is -0.998. The molecule has 0 aliphatic heterocycles. The van der Waals surface area contributed by atoms with Crippen LogP contribution in [0.5, 0.6) is 0 Å². The van der Waals surface area contributed by atoms with Crippen LogP contribution in [0.15, 0.2) is 0 Å². The highest BCUT2D eigenvalue weighted by molar-refractivity contribution is 8.01. The summed E-state index contributed by atoms with van der Waals surface area (Å²) in [6.45, 7) is 5.08. The summed E-state index contributed by atoms with van der Waals surface area (Å²) in [5.74, 6) is -1.03. The molecule has 0 aromatic rings. The molecule has 0 rings (SSSR count). The van der Waals surface area contributed by atoms with Crippen molar-refractivity contribution in [1.29, 1.82) is 0 Å². The first kappa shape index (κ1) is 20.4. The molecule has 0 radical (unpaired) electrons. The summed E-state index contributed by atoms with van der Waals surface area (Å²) < 4.78 is 21.2. The summed E-state index contributed by atoms with van der Waals surface area (Å²) >= 11 is 0. The first-order valence-electron chi connectivity index (χ1n) is 6.73. The van der Waals surface area contributed by atoms with Crippen LogP contribution >= 0.6 is 0 Å². The van der Waals surface area contributed by atoms with Crippen molar-refractivity contribution in [1.82, 2.24) is 5.32 Å². The van der Waals surface area contributed by atoms with Crippen molar-refractivity contribution in [2.45, 2.75) is 45.3 Å². The van der Waals surface area contributed by atoms with Crippen LogP contribution < -0.4 is 5.32 Å². The Morgan fingerprint density at radius 2 is 1.77 bits per heavy atom. The summed E-state index contributed by atoms with van der Waals surface area (Å²) in [6.07, 6.45) is 2.13. The van der Waals surface area contributed by atoms with Gasteiger partial charge in [-0.2, -0.15) is 0 Å². The summed E-state index contributed by atoms with van der Waals surface area (Å²) in [7, 11) is -1.11. The lowest BCUT2D eigenvalue weighted by molar-refractivity contribution is -0.143. The van der Waals surface area contributed by atoms with Crippen molar-refractivity contribution in [3.63, 3.8) is 0 Å². The van der Waals surface area contributed by atoms with Gasteiger partial charge in [-0.3, -0.25) is 9.00 Å². The summed E-state index contributed by atoms with van der Waals surface area (Å²) in [5.41, 5.74) is -0.704. The van der Waals surface area contributed by atoms with E-state index in [0.717, 1.165) is 5.37 Å². The van der Waals surface area contributed by atoms with Gasteiger partial charge in [0.25, 0.3) is 0 Å². The van der Waals surface area contributed by atoms with Gasteiger partial charge in [0.05, 0.1) is 7.11 Å². The third kappa shape index (κ3) is 10.2. The molecule has 0 aromatic carbocycles. The van der Waals surface area contributed by atoms with E-state index in [-0.39, 0.29) is 18.6 Å². The Balaban J connectivity index is 4.75. The summed E-state index contributed by atoms with van der Waals surface area (Å²) in [5, 5.41) is 3.50. The van der Waals surface area contributed by atoms with Crippen molar-refractivity contribution in [2.24, 2.45) is 0 Å². The lowest BCUT2D eigenvalue weighted by Gasteiger charge is -2.22. The van der Waals surface area contributed by atoms with E-state index in [0.29, 0.717) is 0 Å². The third-order valence-corrected chi connectivity index (χ3v) is 3.10. The number of ketones is 1. The molecule has 0 aliphatic rings. The average molecular weight is 335 g/mol. The maximum atomic E-state index is 11.7. The monoisotopic (exact) mass is 335 g/mol. The number of amides is 1. The van der Waals surface area contributed by atoms with Gasteiger partial charge in [-0.1, -0.05) is 0 Å². The minimum absolute atomic E-state index is 0.0335. The Hall–Kier alpha value is -1.57. The Bertz CT molecular complexity index is 532. The molecule has 0 saturated heterocycles. The number of hydrogen-bond donors (Lipinski definition) is 1. The Kier molecular flexibility index (Phi) is 7.58. The smallest absolute Gasteiger partial charge is 0.408 e. The van der Waals surface area contributed by atoms with Gasteiger partial charge in [0.1, 0.15) is 11.6 Å². The van der Waals surface area contributed by atoms with Crippen molar-refractivity contribution in [2.75, 3.05) is 19.6 Å². The number of nitrogens with one attached hydrogen (secondary N) is 1. The SMILES string of the molecule is COC(=O)C(CCC(=O)C=S(C)(C)=O)NC(=O)OC(C)(C)C. The number of hydrogen-bond acceptors (Lipinski definition) is 6. The highest BCUT2D eigenvalue weighted by Crippen LogP contribution is 2.08. The predicted molar refractivity (Wildman–Crippen MR) is 85.5 cm³/mol. The first-order valence-corrected chi connectivity index (χ1v) is 9.17. The predicted octanol–water partition coefficient (Wildman–Crippen LogP) is 0.748. The molecule has 1 amide bonds. The number of ether oxygens (including phenoxy) is 2. The van der Waals surface area contributed by atoms with Crippen LogP contribution in [0, 0.1) is 0 Å². The molecule has 0 bridgehead atoms. The molecule has 7 nitrogen and oxygen atoms in total. The molecule has 0 heterocycles. The van der Waals surface area contributed by atoms with E-state index in [1.54, 1.807) is 20.8 Å². The zero-order chi connectivity index (χ0) is 17.6. The van der Waals surface area contributed by atoms with E-state index < -0.39 is 33.2 Å². The van der Waals surface area contributed by atoms with Gasteiger partial charge in [-0.25, -0.2) is 9.59 Å². The number of esters is 1. The van der Waals surface area contributed by atoms with E-state index in [2.05, 4.69) is 10.1 Å². The van der Waals surface area contributed by atoms with Gasteiger partial charge in [0.15, 0.2) is 5.78 Å². The van der Waals surface area contributed by atoms with E-state index >= 15 is 0 Å². The number of alkyl carbamates (subject to hydrolysis) is 1. The quantitative estimate of drug-likeness (QED) is 0.568. The molecule has 0 saturated carbocycles. The normalized spacial score (nSPS) is 13.0. The second-order valence-electron chi connectivity index (χ2n) is 6.15. The molecule has 1 atom stereocenters. The Labute approximate surface area is 131 Å². The number of carbonyl (C=O) groups is 3. The highest BCUT2D eigenvalue weighted by atomic mass is 32.2. The number of methoxy groups -OCH3 is 1. The largest absolute Gasteiger partial charge is 0.467 e. The van der Waals surface area contributed by atoms with Crippen molar-refractivity contribution in [3.05, 3.63) is 0 Å². The standard InChI is InChI=1S/C14H25NO6S/c1-14(2,3)21-13(18)15-11(12(17)20-4)8-7-10(16)9-22(5,6)19/h9,11H,7-8H2,1-6H3,(H,15,18). The fourth-order valence-electron chi connectivity index (χ4n) is 1.50. The van der Waals surface area contributed by atoms with Crippen molar-refractivity contribution in [3.8, 4) is 0 Å². The van der Waals surface area contributed by atoms with Gasteiger partial charge in [0.2, 0.25) is 0 Å². The Morgan fingerprint density at radius 3 is 2.18 bits per heavy atom. The van der Waals surface area contributed by atoms with Crippen LogP contribution in [0.4, 0.5) is 4.79 Å². The second-order valence-corrected chi connectivity index (χ2v) is 9.01. The number of rotatable bonds is 6. The molecular weight excluding hydrogens is 310 g/mol. The van der Waals surface area contributed by atoms with Crippen molar-refractivity contribution >= 4 is 32.7 Å². The first-order chi connectivity index (χ1) is 9.84. The number of carbonyl (C=O) groups excluding carboxylic acids is 3. The molecule has 1 unspecified atom stereocenters. The molecule has 1 N–H and O–H groups in total. The lowest BCUT2D eigenvalue weighted by atomic mass is 10.1. The van der Waals surface area contributed by atoms with Gasteiger partial charge in [-0.05, 0) is 36.7 Å². The molecule has 0 spiro atoms. The van der Waals surface area contributed by atoms with E-state index in [9.17, 15) is 18.6 Å². The van der Waals surface area contributed by atoms with Crippen molar-refractivity contribution < 1.29 is 28.1 Å². The topological polar surface area (TPSA) is 98.8 Å². The van der Waals surface area contributed by atoms with Gasteiger partial charge >= 0.3 is 12.1 Å². The molecule has 22 heavy (non-hydrogen) atoms. The minimum atomic E-state index is -2.30. The van der Waals surface area contributed by atoms with Crippen LogP contribution in [-0.2, 0) is 28.6 Å². The minimum Gasteiger partial charge on any atom is -0.467 e. The average Bonchev–Trinajstić information content (AvgIpc) is 2.28. The number of Topliss-reactive ketones (excluding diaryl/α,β-unsaturated/α-hetero) is 1. The van der Waals surface area contributed by atoms with Crippen LogP contribution in [0.2, 0.25) is 0 Å². The maximum absolute atomic E-state index is 11.7. The molecule has 0 aliphatic carbocycles. The zero-order valence-corrected chi connectivity index (χ0v) is 14.7. The van der Waals surface area contributed by atoms with Gasteiger partial charge < -0.3 is 14.8 Å². The molecular formula is C14H25NO6S. The van der Waals surface area contributed by atoms with Gasteiger partial charge in [-0.15, -0.1) is 0 Å². The molecule has 0 fully saturated rings. The fraction of sp³-hybridized carbons (Fsp3) is 0.714. The van der Waals surface area contributed by atoms with Crippen LogP contribution in [-0.4, -0.2) is 58.7 Å². The van der Waals surface area contributed by atoms with E-state index in [1.807, 2.05) is 0 Å². The molecule has 128 valence electrons. The third-order valence-electron chi connectivity index (χ3n) is 2.27. The van der Waals surface area contributed by atoms with Crippen LogP contribution in [0.3, 0.4) is 0 Å².